The van der Waals surface area contributed by atoms with E-state index in [2.05, 4.69) is 41.2 Å². The lowest BCUT2D eigenvalue weighted by molar-refractivity contribution is -0.00729. The van der Waals surface area contributed by atoms with Crippen LogP contribution in [0.25, 0.3) is 0 Å². The van der Waals surface area contributed by atoms with E-state index in [1.165, 1.54) is 6.08 Å². The van der Waals surface area contributed by atoms with E-state index >= 15 is 4.39 Å². The van der Waals surface area contributed by atoms with Gasteiger partial charge in [-0.1, -0.05) is 101 Å². The van der Waals surface area contributed by atoms with Crippen molar-refractivity contribution in [1.82, 2.24) is 0 Å². The molecule has 1 fully saturated rings. The normalized spacial score (nSPS) is 23.7. The molecule has 1 aliphatic rings. The van der Waals surface area contributed by atoms with Crippen LogP contribution in [0.5, 0.6) is 0 Å². The van der Waals surface area contributed by atoms with Crippen LogP contribution in [0.15, 0.2) is 73.3 Å². The molecule has 0 heterocycles. The summed E-state index contributed by atoms with van der Waals surface area (Å²) in [6.07, 6.45) is 1.25. The summed E-state index contributed by atoms with van der Waals surface area (Å²) < 4.78 is 23.2. The first kappa shape index (κ1) is 28.0. The lowest BCUT2D eigenvalue weighted by Gasteiger charge is -2.42. The third-order valence-electron chi connectivity index (χ3n) is 8.72. The number of aliphatic hydroxyl groups is 1. The molecule has 0 saturated heterocycles. The summed E-state index contributed by atoms with van der Waals surface area (Å²) in [4.78, 5) is 12.4. The van der Waals surface area contributed by atoms with Gasteiger partial charge in [-0.3, -0.25) is 0 Å². The molecule has 0 spiro atoms. The van der Waals surface area contributed by atoms with E-state index in [4.69, 9.17) is 4.43 Å². The third-order valence-corrected chi connectivity index (χ3v) is 17.9. The molecular formula is C29H43FO3Si2. The molecule has 2 aromatic carbocycles. The second kappa shape index (κ2) is 10.4. The maximum Gasteiger partial charge on any atom is 0.258 e. The molecule has 2 aromatic rings. The van der Waals surface area contributed by atoms with Crippen LogP contribution < -0.4 is 10.4 Å². The second-order valence-corrected chi connectivity index (χ2v) is 19.5. The molecule has 6 heteroatoms. The second-order valence-electron chi connectivity index (χ2n) is 10.9. The van der Waals surface area contributed by atoms with Gasteiger partial charge >= 0.3 is 0 Å². The van der Waals surface area contributed by atoms with E-state index in [1.54, 1.807) is 0 Å². The molecule has 192 valence electrons. The topological polar surface area (TPSA) is 49.7 Å². The largest absolute Gasteiger partial charge is 0.424 e. The Balaban J connectivity index is 1.93. The van der Waals surface area contributed by atoms with Crippen LogP contribution in [-0.2, 0) is 4.43 Å². The zero-order chi connectivity index (χ0) is 26.0. The van der Waals surface area contributed by atoms with Crippen LogP contribution in [0.1, 0.15) is 53.9 Å². The van der Waals surface area contributed by atoms with Gasteiger partial charge in [0, 0.05) is 6.42 Å². The zero-order valence-electron chi connectivity index (χ0n) is 22.1. The van der Waals surface area contributed by atoms with Crippen molar-refractivity contribution in [3.63, 3.8) is 0 Å². The quantitative estimate of drug-likeness (QED) is 0.266. The van der Waals surface area contributed by atoms with Gasteiger partial charge in [0.1, 0.15) is 17.4 Å². The van der Waals surface area contributed by atoms with E-state index in [-0.39, 0.29) is 12.8 Å². The molecule has 0 aromatic heterocycles. The first-order valence-electron chi connectivity index (χ1n) is 13.0. The lowest BCUT2D eigenvalue weighted by atomic mass is 9.99. The molecule has 1 aliphatic carbocycles. The summed E-state index contributed by atoms with van der Waals surface area (Å²) >= 11 is 0. The number of alkyl halides is 1. The van der Waals surface area contributed by atoms with Gasteiger partial charge in [-0.2, -0.15) is 0 Å². The Bertz CT molecular complexity index is 932. The number of aliphatic hydroxyl groups excluding tert-OH is 1. The fourth-order valence-electron chi connectivity index (χ4n) is 5.77. The van der Waals surface area contributed by atoms with Crippen LogP contribution in [0, 0.1) is 0 Å². The highest BCUT2D eigenvalue weighted by Crippen LogP contribution is 2.62. The third kappa shape index (κ3) is 4.88. The number of rotatable bonds is 13. The Hall–Kier alpha value is -1.58. The predicted octanol–water partition coefficient (Wildman–Crippen LogP) is 5.72. The highest BCUT2D eigenvalue weighted by atomic mass is 28.4. The van der Waals surface area contributed by atoms with Crippen LogP contribution in [0.3, 0.4) is 0 Å². The molecule has 0 bridgehead atoms. The van der Waals surface area contributed by atoms with Gasteiger partial charge in [0.2, 0.25) is 0 Å². The smallest absolute Gasteiger partial charge is 0.258 e. The van der Waals surface area contributed by atoms with Crippen molar-refractivity contribution >= 4 is 27.0 Å². The van der Waals surface area contributed by atoms with E-state index in [0.29, 0.717) is 6.42 Å². The maximum atomic E-state index is 16.5. The van der Waals surface area contributed by atoms with Gasteiger partial charge in [-0.15, -0.1) is 6.58 Å². The highest BCUT2D eigenvalue weighted by molar-refractivity contribution is 6.98. The molecule has 3 nitrogen and oxygen atoms in total. The number of halogens is 1. The summed E-state index contributed by atoms with van der Waals surface area (Å²) in [5, 5.41) is 12.2. The molecule has 0 radical (unpaired) electrons. The minimum atomic E-state index is -3.23. The Morgan fingerprint density at radius 3 is 1.86 bits per heavy atom. The van der Waals surface area contributed by atoms with Gasteiger partial charge in [0.25, 0.3) is 8.32 Å². The Kier molecular flexibility index (Phi) is 8.34. The highest BCUT2D eigenvalue weighted by Gasteiger charge is 2.74. The minimum absolute atomic E-state index is 0.175. The Labute approximate surface area is 213 Å². The maximum absolute atomic E-state index is 16.5. The van der Waals surface area contributed by atoms with Crippen molar-refractivity contribution in [2.45, 2.75) is 94.4 Å². The van der Waals surface area contributed by atoms with Crippen LogP contribution in [0.2, 0.25) is 23.2 Å². The molecule has 3 rings (SSSR count). The molecule has 2 N–H and O–H groups in total. The Morgan fingerprint density at radius 1 is 1.00 bits per heavy atom. The van der Waals surface area contributed by atoms with Crippen molar-refractivity contribution in [3.8, 4) is 0 Å². The molecule has 0 aliphatic heterocycles. The SMILES string of the molecule is C=CC(O)[C@]1(O[Si](CC)(CC)CC)C[C@]1(F)CCC(C)(C)[Si](O)(c1ccccc1)c1ccccc1. The van der Waals surface area contributed by atoms with E-state index in [9.17, 15) is 9.90 Å². The molecule has 0 amide bonds. The minimum Gasteiger partial charge on any atom is -0.424 e. The molecule has 1 saturated carbocycles. The first-order chi connectivity index (χ1) is 16.5. The van der Waals surface area contributed by atoms with Crippen molar-refractivity contribution in [2.75, 3.05) is 0 Å². The summed E-state index contributed by atoms with van der Waals surface area (Å²) in [6.45, 7) is 14.2. The number of benzene rings is 2. The Morgan fingerprint density at radius 2 is 1.46 bits per heavy atom. The molecule has 35 heavy (non-hydrogen) atoms. The summed E-state index contributed by atoms with van der Waals surface area (Å²) in [6, 6.07) is 22.3. The van der Waals surface area contributed by atoms with Crippen molar-refractivity contribution in [1.29, 1.82) is 0 Å². The number of hydrogen-bond donors (Lipinski definition) is 2. The van der Waals surface area contributed by atoms with E-state index < -0.39 is 39.0 Å². The van der Waals surface area contributed by atoms with Gasteiger partial charge in [0.15, 0.2) is 8.32 Å². The monoisotopic (exact) mass is 514 g/mol. The number of hydrogen-bond acceptors (Lipinski definition) is 3. The van der Waals surface area contributed by atoms with E-state index in [0.717, 1.165) is 28.5 Å². The van der Waals surface area contributed by atoms with Crippen molar-refractivity contribution < 1.29 is 18.7 Å². The molecule has 3 atom stereocenters. The van der Waals surface area contributed by atoms with Gasteiger partial charge in [-0.25, -0.2) is 4.39 Å². The predicted molar refractivity (Wildman–Crippen MR) is 149 cm³/mol. The average Bonchev–Trinajstić information content (AvgIpc) is 3.50. The van der Waals surface area contributed by atoms with Crippen LogP contribution in [-0.4, -0.2) is 43.9 Å². The van der Waals surface area contributed by atoms with Crippen molar-refractivity contribution in [3.05, 3.63) is 73.3 Å². The van der Waals surface area contributed by atoms with E-state index in [1.807, 2.05) is 60.7 Å². The summed E-state index contributed by atoms with van der Waals surface area (Å²) in [5.41, 5.74) is -2.86. The van der Waals surface area contributed by atoms with Crippen LogP contribution in [0.4, 0.5) is 4.39 Å². The van der Waals surface area contributed by atoms with Crippen molar-refractivity contribution in [2.24, 2.45) is 0 Å². The summed E-state index contributed by atoms with van der Waals surface area (Å²) in [7, 11) is -5.40. The van der Waals surface area contributed by atoms with Gasteiger partial charge in [-0.05, 0) is 46.4 Å². The first-order valence-corrected chi connectivity index (χ1v) is 17.5. The fourth-order valence-corrected chi connectivity index (χ4v) is 12.6. The standard InChI is InChI=1S/C29H43FO3Si2/c1-7-26(31)29(33-34(8-2,9-3)10-4)23-28(29,30)22-21-27(5,6)35(32,24-17-13-11-14-18-24)25-19-15-12-16-20-25/h7,11-20,26,31-32H,1,8-10,21-23H2,2-6H3/t26?,28-,29-/m1/s1. The lowest BCUT2D eigenvalue weighted by Crippen LogP contribution is -2.65. The average molecular weight is 515 g/mol. The fraction of sp³-hybridized carbons (Fsp3) is 0.517. The van der Waals surface area contributed by atoms with Gasteiger partial charge in [0.05, 0.1) is 0 Å². The molecular weight excluding hydrogens is 471 g/mol. The van der Waals surface area contributed by atoms with Gasteiger partial charge < -0.3 is 14.3 Å². The van der Waals surface area contributed by atoms with Crippen LogP contribution >= 0.6 is 0 Å². The zero-order valence-corrected chi connectivity index (χ0v) is 24.1. The molecule has 1 unspecified atom stereocenters. The summed E-state index contributed by atoms with van der Waals surface area (Å²) in [5.74, 6) is 0.